The first-order valence-electron chi connectivity index (χ1n) is 7.58. The molecule has 0 aliphatic carbocycles. The lowest BCUT2D eigenvalue weighted by atomic mass is 10.1. The molecule has 2 aromatic heterocycles. The molecule has 0 radical (unpaired) electrons. The van der Waals surface area contributed by atoms with Gasteiger partial charge in [0.15, 0.2) is 0 Å². The first-order chi connectivity index (χ1) is 10.4. The van der Waals surface area contributed by atoms with Crippen LogP contribution in [0, 0.1) is 20.8 Å². The summed E-state index contributed by atoms with van der Waals surface area (Å²) in [6.07, 6.45) is 2.06. The Balaban J connectivity index is 1.94. The number of rotatable bonds is 3. The molecule has 0 saturated carbocycles. The second kappa shape index (κ2) is 5.44. The molecule has 0 aliphatic heterocycles. The lowest BCUT2D eigenvalue weighted by Gasteiger charge is -2.15. The summed E-state index contributed by atoms with van der Waals surface area (Å²) >= 11 is 0. The van der Waals surface area contributed by atoms with Gasteiger partial charge in [-0.15, -0.1) is 0 Å². The van der Waals surface area contributed by atoms with Gasteiger partial charge in [-0.1, -0.05) is 11.6 Å². The molecule has 0 fully saturated rings. The highest BCUT2D eigenvalue weighted by Gasteiger charge is 2.13. The number of anilines is 1. The highest BCUT2D eigenvalue weighted by Crippen LogP contribution is 2.25. The van der Waals surface area contributed by atoms with Gasteiger partial charge in [0.1, 0.15) is 5.82 Å². The van der Waals surface area contributed by atoms with E-state index >= 15 is 0 Å². The fraction of sp³-hybridized carbons (Fsp3) is 0.333. The molecule has 1 unspecified atom stereocenters. The zero-order valence-corrected chi connectivity index (χ0v) is 13.8. The van der Waals surface area contributed by atoms with Crippen LogP contribution in [-0.2, 0) is 7.05 Å². The van der Waals surface area contributed by atoms with Crippen LogP contribution in [0.25, 0.3) is 10.9 Å². The van der Waals surface area contributed by atoms with Crippen molar-refractivity contribution >= 4 is 16.7 Å². The van der Waals surface area contributed by atoms with Crippen LogP contribution in [0.5, 0.6) is 0 Å². The minimum absolute atomic E-state index is 0.170. The summed E-state index contributed by atoms with van der Waals surface area (Å²) in [6.45, 7) is 8.42. The number of aryl methyl sites for hydroxylation is 4. The minimum atomic E-state index is 0.170. The van der Waals surface area contributed by atoms with Crippen LogP contribution in [0.1, 0.15) is 35.3 Å². The average Bonchev–Trinajstić information content (AvgIpc) is 2.79. The monoisotopic (exact) mass is 294 g/mol. The van der Waals surface area contributed by atoms with Gasteiger partial charge in [-0.05, 0) is 51.5 Å². The SMILES string of the molecule is Cc1ccc2nc(NC(C)c3cn(C)nc3C)cc(C)c2c1. The summed E-state index contributed by atoms with van der Waals surface area (Å²) in [4.78, 5) is 4.74. The Bertz CT molecular complexity index is 832. The Morgan fingerprint density at radius 3 is 2.59 bits per heavy atom. The van der Waals surface area contributed by atoms with Crippen molar-refractivity contribution in [3.63, 3.8) is 0 Å². The number of hydrogen-bond donors (Lipinski definition) is 1. The van der Waals surface area contributed by atoms with Crippen LogP contribution < -0.4 is 5.32 Å². The van der Waals surface area contributed by atoms with E-state index in [1.165, 1.54) is 22.1 Å². The van der Waals surface area contributed by atoms with Gasteiger partial charge in [-0.3, -0.25) is 4.68 Å². The Morgan fingerprint density at radius 2 is 1.91 bits per heavy atom. The molecule has 1 atom stereocenters. The third-order valence-electron chi connectivity index (χ3n) is 4.05. The van der Waals surface area contributed by atoms with E-state index in [0.29, 0.717) is 0 Å². The van der Waals surface area contributed by atoms with Gasteiger partial charge in [-0.25, -0.2) is 4.98 Å². The predicted octanol–water partition coefficient (Wildman–Crippen LogP) is 4.07. The smallest absolute Gasteiger partial charge is 0.127 e. The highest BCUT2D eigenvalue weighted by atomic mass is 15.3. The van der Waals surface area contributed by atoms with E-state index < -0.39 is 0 Å². The third-order valence-corrected chi connectivity index (χ3v) is 4.05. The third kappa shape index (κ3) is 2.69. The number of nitrogens with one attached hydrogen (secondary N) is 1. The van der Waals surface area contributed by atoms with Crippen molar-refractivity contribution in [3.05, 3.63) is 52.8 Å². The summed E-state index contributed by atoms with van der Waals surface area (Å²) < 4.78 is 1.85. The second-order valence-corrected chi connectivity index (χ2v) is 6.05. The first-order valence-corrected chi connectivity index (χ1v) is 7.58. The number of nitrogens with zero attached hydrogens (tertiary/aromatic N) is 3. The van der Waals surface area contributed by atoms with E-state index in [9.17, 15) is 0 Å². The molecule has 0 bridgehead atoms. The van der Waals surface area contributed by atoms with Crippen LogP contribution >= 0.6 is 0 Å². The molecule has 2 heterocycles. The van der Waals surface area contributed by atoms with E-state index in [0.717, 1.165) is 17.0 Å². The Morgan fingerprint density at radius 1 is 1.14 bits per heavy atom. The lowest BCUT2D eigenvalue weighted by molar-refractivity contribution is 0.756. The van der Waals surface area contributed by atoms with Gasteiger partial charge < -0.3 is 5.32 Å². The van der Waals surface area contributed by atoms with Gasteiger partial charge in [0.25, 0.3) is 0 Å². The van der Waals surface area contributed by atoms with Crippen LogP contribution in [-0.4, -0.2) is 14.8 Å². The molecular formula is C18H22N4. The van der Waals surface area contributed by atoms with Gasteiger partial charge in [0.2, 0.25) is 0 Å². The fourth-order valence-corrected chi connectivity index (χ4v) is 2.92. The summed E-state index contributed by atoms with van der Waals surface area (Å²) in [5.41, 5.74) is 5.79. The Hall–Kier alpha value is -2.36. The van der Waals surface area contributed by atoms with E-state index in [1.807, 2.05) is 18.7 Å². The molecule has 0 saturated heterocycles. The predicted molar refractivity (Wildman–Crippen MR) is 91.2 cm³/mol. The van der Waals surface area contributed by atoms with Crippen LogP contribution in [0.2, 0.25) is 0 Å². The number of benzene rings is 1. The van der Waals surface area contributed by atoms with Crippen molar-refractivity contribution < 1.29 is 0 Å². The van der Waals surface area contributed by atoms with E-state index in [-0.39, 0.29) is 6.04 Å². The topological polar surface area (TPSA) is 42.7 Å². The normalized spacial score (nSPS) is 12.6. The molecule has 22 heavy (non-hydrogen) atoms. The summed E-state index contributed by atoms with van der Waals surface area (Å²) in [5.74, 6) is 0.907. The minimum Gasteiger partial charge on any atom is -0.363 e. The van der Waals surface area contributed by atoms with Gasteiger partial charge in [0.05, 0.1) is 17.3 Å². The lowest BCUT2D eigenvalue weighted by Crippen LogP contribution is -2.08. The maximum Gasteiger partial charge on any atom is 0.127 e. The molecule has 0 spiro atoms. The largest absolute Gasteiger partial charge is 0.363 e. The first kappa shape index (κ1) is 14.6. The summed E-state index contributed by atoms with van der Waals surface area (Å²) in [7, 11) is 1.95. The van der Waals surface area contributed by atoms with Crippen molar-refractivity contribution in [2.75, 3.05) is 5.32 Å². The maximum atomic E-state index is 4.74. The zero-order chi connectivity index (χ0) is 15.9. The number of aromatic nitrogens is 3. The van der Waals surface area contributed by atoms with Crippen molar-refractivity contribution in [1.29, 1.82) is 0 Å². The molecule has 4 nitrogen and oxygen atoms in total. The van der Waals surface area contributed by atoms with Crippen molar-refractivity contribution in [3.8, 4) is 0 Å². The number of pyridine rings is 1. The van der Waals surface area contributed by atoms with Gasteiger partial charge in [0, 0.05) is 24.2 Å². The van der Waals surface area contributed by atoms with Crippen molar-refractivity contribution in [2.45, 2.75) is 33.7 Å². The molecule has 0 amide bonds. The van der Waals surface area contributed by atoms with E-state index in [1.54, 1.807) is 0 Å². The number of fused-ring (bicyclic) bond motifs is 1. The molecule has 3 aromatic rings. The van der Waals surface area contributed by atoms with Crippen molar-refractivity contribution in [1.82, 2.24) is 14.8 Å². The zero-order valence-electron chi connectivity index (χ0n) is 13.8. The number of hydrogen-bond acceptors (Lipinski definition) is 3. The quantitative estimate of drug-likeness (QED) is 0.792. The molecule has 0 aliphatic rings. The molecular weight excluding hydrogens is 272 g/mol. The average molecular weight is 294 g/mol. The molecule has 4 heteroatoms. The van der Waals surface area contributed by atoms with Crippen molar-refractivity contribution in [2.24, 2.45) is 7.05 Å². The molecule has 114 valence electrons. The molecule has 1 N–H and O–H groups in total. The van der Waals surface area contributed by atoms with Crippen LogP contribution in [0.15, 0.2) is 30.5 Å². The second-order valence-electron chi connectivity index (χ2n) is 6.05. The van der Waals surface area contributed by atoms with Crippen LogP contribution in [0.4, 0.5) is 5.82 Å². The summed E-state index contributed by atoms with van der Waals surface area (Å²) in [5, 5.41) is 9.12. The fourth-order valence-electron chi connectivity index (χ4n) is 2.92. The summed E-state index contributed by atoms with van der Waals surface area (Å²) in [6, 6.07) is 8.67. The standard InChI is InChI=1S/C18H22N4/c1-11-6-7-17-15(8-11)12(2)9-18(20-17)19-13(3)16-10-22(5)21-14(16)4/h6-10,13H,1-5H3,(H,19,20). The van der Waals surface area contributed by atoms with E-state index in [2.05, 4.69) is 61.6 Å². The highest BCUT2D eigenvalue weighted by molar-refractivity contribution is 5.84. The van der Waals surface area contributed by atoms with E-state index in [4.69, 9.17) is 4.98 Å². The Labute approximate surface area is 131 Å². The Kier molecular flexibility index (Phi) is 3.61. The maximum absolute atomic E-state index is 4.74. The molecule has 3 rings (SSSR count). The van der Waals surface area contributed by atoms with Gasteiger partial charge >= 0.3 is 0 Å². The van der Waals surface area contributed by atoms with Crippen LogP contribution in [0.3, 0.4) is 0 Å². The van der Waals surface area contributed by atoms with Gasteiger partial charge in [-0.2, -0.15) is 5.10 Å². The molecule has 1 aromatic carbocycles.